The maximum atomic E-state index is 9.35. The third kappa shape index (κ3) is 4.43. The zero-order valence-electron chi connectivity index (χ0n) is 13.7. The van der Waals surface area contributed by atoms with Gasteiger partial charge in [0.25, 0.3) is 0 Å². The Bertz CT molecular complexity index is 308. The van der Waals surface area contributed by atoms with E-state index in [0.717, 1.165) is 12.5 Å². The highest BCUT2D eigenvalue weighted by molar-refractivity contribution is 4.93. The summed E-state index contributed by atoms with van der Waals surface area (Å²) in [5.41, 5.74) is 0.520. The number of nitrogens with one attached hydrogen (secondary N) is 1. The van der Waals surface area contributed by atoms with Gasteiger partial charge in [-0.25, -0.2) is 0 Å². The Labute approximate surface area is 130 Å². The molecular weight excluding hydrogens is 260 g/mol. The van der Waals surface area contributed by atoms with Crippen molar-refractivity contribution in [3.05, 3.63) is 0 Å². The molecule has 2 aliphatic carbocycles. The molecule has 1 atom stereocenters. The summed E-state index contributed by atoms with van der Waals surface area (Å²) < 4.78 is 0. The van der Waals surface area contributed by atoms with Crippen LogP contribution in [0.4, 0.5) is 0 Å². The van der Waals surface area contributed by atoms with Gasteiger partial charge in [0.15, 0.2) is 0 Å². The summed E-state index contributed by atoms with van der Waals surface area (Å²) in [5.74, 6) is 0. The average Bonchev–Trinajstić information content (AvgIpc) is 3.33. The molecule has 3 aliphatic rings. The van der Waals surface area contributed by atoms with Gasteiger partial charge in [-0.2, -0.15) is 0 Å². The molecular formula is C18H34N2O. The van der Waals surface area contributed by atoms with Gasteiger partial charge in [0.2, 0.25) is 0 Å². The van der Waals surface area contributed by atoms with Gasteiger partial charge in [0, 0.05) is 31.8 Å². The fourth-order valence-corrected chi connectivity index (χ4v) is 4.52. The molecule has 0 bridgehead atoms. The Morgan fingerprint density at radius 1 is 1.00 bits per heavy atom. The minimum absolute atomic E-state index is 0.356. The van der Waals surface area contributed by atoms with Crippen LogP contribution >= 0.6 is 0 Å². The van der Waals surface area contributed by atoms with E-state index < -0.39 is 0 Å². The van der Waals surface area contributed by atoms with Crippen molar-refractivity contribution < 1.29 is 5.11 Å². The molecule has 2 saturated carbocycles. The first-order valence-corrected chi connectivity index (χ1v) is 9.40. The predicted octanol–water partition coefficient (Wildman–Crippen LogP) is 2.93. The minimum atomic E-state index is 0.356. The van der Waals surface area contributed by atoms with Crippen LogP contribution in [0.5, 0.6) is 0 Å². The summed E-state index contributed by atoms with van der Waals surface area (Å²) in [5, 5.41) is 13.2. The van der Waals surface area contributed by atoms with Crippen LogP contribution in [0.3, 0.4) is 0 Å². The first-order chi connectivity index (χ1) is 10.3. The van der Waals surface area contributed by atoms with E-state index in [1.165, 1.54) is 83.8 Å². The van der Waals surface area contributed by atoms with E-state index in [-0.39, 0.29) is 0 Å². The molecule has 3 fully saturated rings. The van der Waals surface area contributed by atoms with Crippen LogP contribution in [0.1, 0.15) is 70.6 Å². The number of hydrogen-bond donors (Lipinski definition) is 2. The Morgan fingerprint density at radius 2 is 1.81 bits per heavy atom. The van der Waals surface area contributed by atoms with Crippen LogP contribution in [0.2, 0.25) is 0 Å². The number of nitrogens with zero attached hydrogens (tertiary/aromatic N) is 1. The minimum Gasteiger partial charge on any atom is -0.396 e. The predicted molar refractivity (Wildman–Crippen MR) is 87.5 cm³/mol. The molecule has 0 aromatic rings. The molecule has 0 aromatic heterocycles. The average molecular weight is 294 g/mol. The van der Waals surface area contributed by atoms with Crippen molar-refractivity contribution >= 4 is 0 Å². The number of piperidine rings is 1. The van der Waals surface area contributed by atoms with Gasteiger partial charge in [0.1, 0.15) is 0 Å². The Balaban J connectivity index is 1.60. The van der Waals surface area contributed by atoms with Crippen molar-refractivity contribution in [2.75, 3.05) is 26.2 Å². The molecule has 3 rings (SSSR count). The Hall–Kier alpha value is -0.120. The van der Waals surface area contributed by atoms with Gasteiger partial charge in [-0.05, 0) is 56.9 Å². The molecule has 0 radical (unpaired) electrons. The van der Waals surface area contributed by atoms with Crippen molar-refractivity contribution in [2.45, 2.75) is 82.7 Å². The van der Waals surface area contributed by atoms with Gasteiger partial charge < -0.3 is 10.4 Å². The number of aliphatic hydroxyl groups is 1. The maximum Gasteiger partial charge on any atom is 0.0445 e. The highest BCUT2D eigenvalue weighted by Crippen LogP contribution is 2.39. The van der Waals surface area contributed by atoms with Gasteiger partial charge in [-0.3, -0.25) is 4.90 Å². The van der Waals surface area contributed by atoms with Gasteiger partial charge in [0.05, 0.1) is 0 Å². The Kier molecular flexibility index (Phi) is 5.58. The zero-order valence-corrected chi connectivity index (χ0v) is 13.7. The lowest BCUT2D eigenvalue weighted by atomic mass is 9.73. The highest BCUT2D eigenvalue weighted by Gasteiger charge is 2.37. The second-order valence-electron chi connectivity index (χ2n) is 7.85. The van der Waals surface area contributed by atoms with Crippen LogP contribution in [0, 0.1) is 5.41 Å². The summed E-state index contributed by atoms with van der Waals surface area (Å²) in [6.45, 7) is 4.13. The second-order valence-corrected chi connectivity index (χ2v) is 7.85. The van der Waals surface area contributed by atoms with Crippen LogP contribution in [-0.2, 0) is 0 Å². The fourth-order valence-electron chi connectivity index (χ4n) is 4.52. The molecule has 0 aromatic carbocycles. The van der Waals surface area contributed by atoms with Crippen LogP contribution < -0.4 is 5.32 Å². The van der Waals surface area contributed by atoms with Gasteiger partial charge >= 0.3 is 0 Å². The highest BCUT2D eigenvalue weighted by atomic mass is 16.3. The van der Waals surface area contributed by atoms with Gasteiger partial charge in [-0.1, -0.05) is 25.7 Å². The molecule has 1 unspecified atom stereocenters. The maximum absolute atomic E-state index is 9.35. The lowest BCUT2D eigenvalue weighted by Crippen LogP contribution is -2.50. The summed E-state index contributed by atoms with van der Waals surface area (Å²) in [6, 6.07) is 1.47. The lowest BCUT2D eigenvalue weighted by Gasteiger charge is -2.45. The third-order valence-corrected chi connectivity index (χ3v) is 6.01. The van der Waals surface area contributed by atoms with E-state index in [4.69, 9.17) is 0 Å². The summed E-state index contributed by atoms with van der Waals surface area (Å²) >= 11 is 0. The van der Waals surface area contributed by atoms with Crippen LogP contribution in [0.25, 0.3) is 0 Å². The normalized spacial score (nSPS) is 30.4. The molecule has 3 heteroatoms. The molecule has 21 heavy (non-hydrogen) atoms. The Morgan fingerprint density at radius 3 is 2.52 bits per heavy atom. The van der Waals surface area contributed by atoms with Crippen LogP contribution in [-0.4, -0.2) is 48.3 Å². The molecule has 0 amide bonds. The zero-order chi connectivity index (χ0) is 14.5. The van der Waals surface area contributed by atoms with Crippen molar-refractivity contribution in [1.82, 2.24) is 10.2 Å². The SMILES string of the molecule is OCCC1CCCCN1CC1(CNC2CC2)CCCCC1. The van der Waals surface area contributed by atoms with E-state index in [2.05, 4.69) is 10.2 Å². The van der Waals surface area contributed by atoms with Gasteiger partial charge in [-0.15, -0.1) is 0 Å². The van der Waals surface area contributed by atoms with E-state index in [0.29, 0.717) is 18.1 Å². The fraction of sp³-hybridized carbons (Fsp3) is 1.00. The molecule has 3 nitrogen and oxygen atoms in total. The number of rotatable bonds is 7. The van der Waals surface area contributed by atoms with Crippen molar-refractivity contribution in [3.8, 4) is 0 Å². The van der Waals surface area contributed by atoms with Crippen LogP contribution in [0.15, 0.2) is 0 Å². The van der Waals surface area contributed by atoms with E-state index in [1.807, 2.05) is 0 Å². The monoisotopic (exact) mass is 294 g/mol. The van der Waals surface area contributed by atoms with E-state index >= 15 is 0 Å². The molecule has 1 saturated heterocycles. The first-order valence-electron chi connectivity index (χ1n) is 9.40. The summed E-state index contributed by atoms with van der Waals surface area (Å²) in [6.07, 6.45) is 14.9. The number of likely N-dealkylation sites (tertiary alicyclic amines) is 1. The molecule has 1 heterocycles. The van der Waals surface area contributed by atoms with Crippen molar-refractivity contribution in [3.63, 3.8) is 0 Å². The third-order valence-electron chi connectivity index (χ3n) is 6.01. The summed E-state index contributed by atoms with van der Waals surface area (Å²) in [4.78, 5) is 2.74. The number of hydrogen-bond acceptors (Lipinski definition) is 3. The topological polar surface area (TPSA) is 35.5 Å². The molecule has 0 spiro atoms. The largest absolute Gasteiger partial charge is 0.396 e. The molecule has 2 N–H and O–H groups in total. The standard InChI is InChI=1S/C18H34N2O/c21-13-9-17-6-2-5-12-20(17)15-18(10-3-1-4-11-18)14-19-16-7-8-16/h16-17,19,21H,1-15H2. The van der Waals surface area contributed by atoms with E-state index in [9.17, 15) is 5.11 Å². The van der Waals surface area contributed by atoms with E-state index in [1.54, 1.807) is 0 Å². The lowest BCUT2D eigenvalue weighted by molar-refractivity contribution is 0.0448. The second kappa shape index (κ2) is 7.43. The molecule has 122 valence electrons. The smallest absolute Gasteiger partial charge is 0.0445 e. The first kappa shape index (κ1) is 15.8. The molecule has 1 aliphatic heterocycles. The summed E-state index contributed by atoms with van der Waals surface area (Å²) in [7, 11) is 0. The van der Waals surface area contributed by atoms with Crippen molar-refractivity contribution in [2.24, 2.45) is 5.41 Å². The number of aliphatic hydroxyl groups excluding tert-OH is 1. The quantitative estimate of drug-likeness (QED) is 0.758. The van der Waals surface area contributed by atoms with Crippen molar-refractivity contribution in [1.29, 1.82) is 0 Å².